The number of fused-ring (bicyclic) bond motifs is 5. The third-order valence-electron chi connectivity index (χ3n) is 9.90. The van der Waals surface area contributed by atoms with Gasteiger partial charge in [0.2, 0.25) is 5.60 Å². The van der Waals surface area contributed by atoms with E-state index >= 15 is 4.39 Å². The molecule has 10 heteroatoms. The molecule has 1 aromatic heterocycles. The Morgan fingerprint density at radius 3 is 2.53 bits per heavy atom. The van der Waals surface area contributed by atoms with Crippen LogP contribution in [-0.4, -0.2) is 62.7 Å². The summed E-state index contributed by atoms with van der Waals surface area (Å²) in [4.78, 5) is 45.9. The number of methoxy groups -OCH3 is 1. The van der Waals surface area contributed by atoms with Gasteiger partial charge in [-0.05, 0) is 55.7 Å². The van der Waals surface area contributed by atoms with E-state index in [4.69, 9.17) is 21.1 Å². The highest BCUT2D eigenvalue weighted by Crippen LogP contribution is 2.72. The Hall–Kier alpha value is -2.65. The van der Waals surface area contributed by atoms with E-state index in [9.17, 15) is 19.5 Å². The lowest BCUT2D eigenvalue weighted by molar-refractivity contribution is -0.199. The second-order valence-corrected chi connectivity index (χ2v) is 12.3. The van der Waals surface area contributed by atoms with Gasteiger partial charge in [-0.15, -0.1) is 11.6 Å². The van der Waals surface area contributed by atoms with Crippen molar-refractivity contribution in [3.63, 3.8) is 0 Å². The molecule has 0 aliphatic heterocycles. The molecular formula is C28H32ClFN2O6. The number of allylic oxidation sites excluding steroid dienone is 4. The standard InChI is InChI=1S/C28H32ClFN2O6/c1-14-8-17-18-10-20(30)19-9-16(33)6-7-25(19,3)27(18,29)22(34)11-26(17,4)28(14,24(36)37-5)38-23(35)21-13-31-15(2)12-32-21/h6-7,9,12-14,17-18,20,22,34H,8,10-11H2,1-5H3/t14-,17?,18?,20+,22+,25+,26+,27+,28+/m1/s1. The summed E-state index contributed by atoms with van der Waals surface area (Å²) in [7, 11) is 1.22. The molecule has 0 radical (unpaired) electrons. The lowest BCUT2D eigenvalue weighted by Gasteiger charge is -2.64. The number of hydrogen-bond donors (Lipinski definition) is 1. The molecule has 4 aliphatic carbocycles. The van der Waals surface area contributed by atoms with E-state index in [1.54, 1.807) is 33.8 Å². The van der Waals surface area contributed by atoms with Crippen LogP contribution in [0.1, 0.15) is 56.2 Å². The molecule has 0 aromatic carbocycles. The van der Waals surface area contributed by atoms with Gasteiger partial charge in [0.25, 0.3) is 0 Å². The molecule has 0 amide bonds. The molecule has 0 spiro atoms. The fourth-order valence-corrected chi connectivity index (χ4v) is 8.56. The smallest absolute Gasteiger partial charge is 0.359 e. The summed E-state index contributed by atoms with van der Waals surface area (Å²) < 4.78 is 27.1. The van der Waals surface area contributed by atoms with Gasteiger partial charge in [0.1, 0.15) is 6.17 Å². The van der Waals surface area contributed by atoms with E-state index in [1.165, 1.54) is 31.7 Å². The lowest BCUT2D eigenvalue weighted by Crippen LogP contribution is -2.70. The van der Waals surface area contributed by atoms with Gasteiger partial charge < -0.3 is 14.6 Å². The zero-order valence-corrected chi connectivity index (χ0v) is 22.8. The molecule has 2 unspecified atom stereocenters. The van der Waals surface area contributed by atoms with Crippen LogP contribution in [0.3, 0.4) is 0 Å². The molecule has 3 fully saturated rings. The number of esters is 2. The van der Waals surface area contributed by atoms with Gasteiger partial charge in [-0.25, -0.2) is 19.0 Å². The summed E-state index contributed by atoms with van der Waals surface area (Å²) in [6.07, 6.45) is 4.61. The van der Waals surface area contributed by atoms with Gasteiger partial charge in [0.05, 0.1) is 30.0 Å². The quantitative estimate of drug-likeness (QED) is 0.451. The van der Waals surface area contributed by atoms with Gasteiger partial charge >= 0.3 is 11.9 Å². The minimum Gasteiger partial charge on any atom is -0.466 e. The Morgan fingerprint density at radius 2 is 1.89 bits per heavy atom. The van der Waals surface area contributed by atoms with Crippen molar-refractivity contribution in [3.8, 4) is 0 Å². The van der Waals surface area contributed by atoms with Crippen LogP contribution in [0.5, 0.6) is 0 Å². The Bertz CT molecular complexity index is 1270. The molecular weight excluding hydrogens is 515 g/mol. The van der Waals surface area contributed by atoms with Crippen LogP contribution < -0.4 is 0 Å². The maximum Gasteiger partial charge on any atom is 0.359 e. The number of aromatic nitrogens is 2. The van der Waals surface area contributed by atoms with Crippen LogP contribution in [0.4, 0.5) is 4.39 Å². The number of aliphatic hydroxyl groups is 1. The van der Waals surface area contributed by atoms with E-state index in [2.05, 4.69) is 9.97 Å². The van der Waals surface area contributed by atoms with Crippen LogP contribution in [0.2, 0.25) is 0 Å². The van der Waals surface area contributed by atoms with Crippen LogP contribution >= 0.6 is 11.6 Å². The van der Waals surface area contributed by atoms with Crippen molar-refractivity contribution >= 4 is 29.3 Å². The molecule has 0 bridgehead atoms. The molecule has 4 aliphatic rings. The SMILES string of the molecule is COC(=O)[C@@]1(OC(=O)c2cnc(C)cn2)[C@H](C)CC2C3C[C@H](F)C4=CC(=O)C=C[C@]4(C)[C@@]3(Cl)[C@@H](O)C[C@@]21C. The monoisotopic (exact) mass is 546 g/mol. The maximum absolute atomic E-state index is 15.8. The third-order valence-corrected chi connectivity index (χ3v) is 10.8. The van der Waals surface area contributed by atoms with Crippen LogP contribution in [0, 0.1) is 35.5 Å². The zero-order chi connectivity index (χ0) is 27.8. The highest BCUT2D eigenvalue weighted by molar-refractivity contribution is 6.26. The molecule has 1 N–H and O–H groups in total. The van der Waals surface area contributed by atoms with E-state index in [0.29, 0.717) is 12.1 Å². The zero-order valence-electron chi connectivity index (χ0n) is 22.0. The second-order valence-electron chi connectivity index (χ2n) is 11.7. The summed E-state index contributed by atoms with van der Waals surface area (Å²) in [5.74, 6) is -3.45. The van der Waals surface area contributed by atoms with Gasteiger partial charge in [-0.2, -0.15) is 0 Å². The summed E-state index contributed by atoms with van der Waals surface area (Å²) in [6, 6.07) is 0. The minimum absolute atomic E-state index is 0.00836. The first-order chi connectivity index (χ1) is 17.8. The lowest BCUT2D eigenvalue weighted by atomic mass is 9.45. The minimum atomic E-state index is -1.78. The fraction of sp³-hybridized carbons (Fsp3) is 0.607. The van der Waals surface area contributed by atoms with Crippen molar-refractivity contribution in [2.45, 2.75) is 69.7 Å². The van der Waals surface area contributed by atoms with Gasteiger partial charge in [-0.1, -0.05) is 26.8 Å². The van der Waals surface area contributed by atoms with E-state index in [0.717, 1.165) is 0 Å². The molecule has 204 valence electrons. The molecule has 5 rings (SSSR count). The van der Waals surface area contributed by atoms with Crippen molar-refractivity contribution in [1.29, 1.82) is 0 Å². The molecule has 1 heterocycles. The first-order valence-corrected chi connectivity index (χ1v) is 13.2. The van der Waals surface area contributed by atoms with Crippen molar-refractivity contribution in [3.05, 3.63) is 47.6 Å². The fourth-order valence-electron chi connectivity index (χ4n) is 8.07. The molecule has 8 nitrogen and oxygen atoms in total. The Labute approximate surface area is 225 Å². The number of ketones is 1. The molecule has 1 aromatic rings. The molecule has 9 atom stereocenters. The van der Waals surface area contributed by atoms with Crippen LogP contribution in [0.15, 0.2) is 36.2 Å². The third kappa shape index (κ3) is 3.27. The number of alkyl halides is 2. The number of carbonyl (C=O) groups excluding carboxylic acids is 3. The predicted octanol–water partition coefficient (Wildman–Crippen LogP) is 3.69. The topological polar surface area (TPSA) is 116 Å². The second kappa shape index (κ2) is 8.68. The first kappa shape index (κ1) is 26.9. The van der Waals surface area contributed by atoms with Gasteiger partial charge in [0.15, 0.2) is 11.5 Å². The maximum atomic E-state index is 15.8. The normalized spacial score (nSPS) is 43.4. The number of nitrogens with zero attached hydrogens (tertiary/aromatic N) is 2. The van der Waals surface area contributed by atoms with E-state index < -0.39 is 63.3 Å². The summed E-state index contributed by atoms with van der Waals surface area (Å²) in [5.41, 5.74) is -3.25. The van der Waals surface area contributed by atoms with Crippen molar-refractivity contribution < 1.29 is 33.4 Å². The van der Waals surface area contributed by atoms with Crippen molar-refractivity contribution in [1.82, 2.24) is 9.97 Å². The van der Waals surface area contributed by atoms with Crippen molar-refractivity contribution in [2.24, 2.45) is 28.6 Å². The Balaban J connectivity index is 1.62. The number of aryl methyl sites for hydroxylation is 1. The molecule has 38 heavy (non-hydrogen) atoms. The number of ether oxygens (including phenoxy) is 2. The summed E-state index contributed by atoms with van der Waals surface area (Å²) in [6.45, 7) is 7.05. The average molecular weight is 547 g/mol. The van der Waals surface area contributed by atoms with E-state index in [-0.39, 0.29) is 29.9 Å². The number of hydrogen-bond acceptors (Lipinski definition) is 8. The highest BCUT2D eigenvalue weighted by Gasteiger charge is 2.78. The van der Waals surface area contributed by atoms with E-state index in [1.807, 2.05) is 0 Å². The molecule has 3 saturated carbocycles. The first-order valence-electron chi connectivity index (χ1n) is 12.8. The number of halogens is 2. The van der Waals surface area contributed by atoms with Crippen molar-refractivity contribution in [2.75, 3.05) is 7.11 Å². The van der Waals surface area contributed by atoms with Gasteiger partial charge in [0, 0.05) is 22.9 Å². The Kier molecular flexibility index (Phi) is 6.15. The number of rotatable bonds is 3. The average Bonchev–Trinajstić information content (AvgIpc) is 3.09. The Morgan fingerprint density at radius 1 is 1.18 bits per heavy atom. The van der Waals surface area contributed by atoms with Crippen LogP contribution in [-0.2, 0) is 19.1 Å². The molecule has 0 saturated heterocycles. The van der Waals surface area contributed by atoms with Crippen LogP contribution in [0.25, 0.3) is 0 Å². The highest BCUT2D eigenvalue weighted by atomic mass is 35.5. The number of carbonyl (C=O) groups is 3. The summed E-state index contributed by atoms with van der Waals surface area (Å²) >= 11 is 7.39. The summed E-state index contributed by atoms with van der Waals surface area (Å²) in [5, 5.41) is 11.8. The van der Waals surface area contributed by atoms with Gasteiger partial charge in [-0.3, -0.25) is 9.78 Å². The number of aliphatic hydroxyl groups excluding tert-OH is 1. The predicted molar refractivity (Wildman–Crippen MR) is 135 cm³/mol. The largest absolute Gasteiger partial charge is 0.466 e.